The maximum atomic E-state index is 13.5. The van der Waals surface area contributed by atoms with Crippen molar-refractivity contribution in [3.63, 3.8) is 0 Å². The molecule has 0 bridgehead atoms. The van der Waals surface area contributed by atoms with E-state index in [0.717, 1.165) is 42.6 Å². The van der Waals surface area contributed by atoms with Crippen LogP contribution in [0.2, 0.25) is 0 Å². The Morgan fingerprint density at radius 3 is 2.27 bits per heavy atom. The Balaban J connectivity index is 1.40. The molecule has 1 aliphatic carbocycles. The molecule has 1 amide bonds. The molecule has 5 rings (SSSR count). The van der Waals surface area contributed by atoms with Crippen molar-refractivity contribution in [3.8, 4) is 11.4 Å². The first-order chi connectivity index (χ1) is 14.8. The van der Waals surface area contributed by atoms with E-state index in [2.05, 4.69) is 4.90 Å². The normalized spacial score (nSPS) is 18.6. The molecule has 5 nitrogen and oxygen atoms in total. The zero-order valence-corrected chi connectivity index (χ0v) is 17.3. The zero-order chi connectivity index (χ0) is 20.3. The van der Waals surface area contributed by atoms with Crippen LogP contribution in [0, 0.1) is 0 Å². The molecule has 2 aliphatic rings. The second-order valence-corrected chi connectivity index (χ2v) is 8.40. The van der Waals surface area contributed by atoms with Gasteiger partial charge in [-0.05, 0) is 18.9 Å². The Kier molecular flexibility index (Phi) is 5.45. The van der Waals surface area contributed by atoms with Crippen molar-refractivity contribution >= 4 is 16.8 Å². The quantitative estimate of drug-likeness (QED) is 0.654. The summed E-state index contributed by atoms with van der Waals surface area (Å²) in [5.41, 5.74) is 2.26. The first-order valence-corrected chi connectivity index (χ1v) is 11.1. The number of hydrogen-bond donors (Lipinski definition) is 0. The third kappa shape index (κ3) is 3.82. The van der Waals surface area contributed by atoms with Crippen molar-refractivity contribution in [3.05, 3.63) is 60.3 Å². The summed E-state index contributed by atoms with van der Waals surface area (Å²) in [4.78, 5) is 27.5. The average Bonchev–Trinajstić information content (AvgIpc) is 2.84. The number of aromatic nitrogens is 2. The Morgan fingerprint density at radius 2 is 1.50 bits per heavy atom. The monoisotopic (exact) mass is 400 g/mol. The van der Waals surface area contributed by atoms with E-state index in [1.165, 1.54) is 32.1 Å². The highest BCUT2D eigenvalue weighted by atomic mass is 16.2. The molecule has 30 heavy (non-hydrogen) atoms. The predicted molar refractivity (Wildman–Crippen MR) is 119 cm³/mol. The smallest absolute Gasteiger partial charge is 0.273 e. The Hall–Kier alpha value is -2.79. The molecular formula is C25H28N4O. The van der Waals surface area contributed by atoms with Crippen LogP contribution in [0.4, 0.5) is 0 Å². The summed E-state index contributed by atoms with van der Waals surface area (Å²) in [6.07, 6.45) is 6.69. The molecule has 1 saturated heterocycles. The Morgan fingerprint density at radius 1 is 0.800 bits per heavy atom. The average molecular weight is 401 g/mol. The van der Waals surface area contributed by atoms with Gasteiger partial charge in [0, 0.05) is 43.2 Å². The van der Waals surface area contributed by atoms with Crippen LogP contribution in [-0.2, 0) is 0 Å². The van der Waals surface area contributed by atoms with Gasteiger partial charge >= 0.3 is 0 Å². The van der Waals surface area contributed by atoms with Crippen LogP contribution in [0.25, 0.3) is 22.3 Å². The van der Waals surface area contributed by atoms with Gasteiger partial charge in [-0.3, -0.25) is 9.69 Å². The van der Waals surface area contributed by atoms with E-state index in [-0.39, 0.29) is 5.91 Å². The first kappa shape index (κ1) is 19.2. The van der Waals surface area contributed by atoms with Crippen LogP contribution in [0.5, 0.6) is 0 Å². The lowest BCUT2D eigenvalue weighted by molar-refractivity contribution is 0.0520. The fourth-order valence-corrected chi connectivity index (χ4v) is 4.84. The molecule has 154 valence electrons. The largest absolute Gasteiger partial charge is 0.335 e. The number of piperazine rings is 1. The minimum Gasteiger partial charge on any atom is -0.335 e. The molecule has 0 unspecified atom stereocenters. The molecule has 0 spiro atoms. The summed E-state index contributed by atoms with van der Waals surface area (Å²) in [7, 11) is 0. The molecule has 1 saturated carbocycles. The number of para-hydroxylation sites is 1. The van der Waals surface area contributed by atoms with Crippen LogP contribution in [0.15, 0.2) is 54.6 Å². The molecule has 2 aromatic carbocycles. The molecule has 5 heteroatoms. The Labute approximate surface area is 177 Å². The molecule has 1 aliphatic heterocycles. The summed E-state index contributed by atoms with van der Waals surface area (Å²) >= 11 is 0. The highest BCUT2D eigenvalue weighted by Crippen LogP contribution is 2.25. The van der Waals surface area contributed by atoms with Crippen molar-refractivity contribution in [2.45, 2.75) is 38.1 Å². The van der Waals surface area contributed by atoms with Gasteiger partial charge in [0.2, 0.25) is 0 Å². The van der Waals surface area contributed by atoms with Crippen LogP contribution in [-0.4, -0.2) is 57.9 Å². The van der Waals surface area contributed by atoms with Crippen LogP contribution in [0.1, 0.15) is 42.6 Å². The summed E-state index contributed by atoms with van der Waals surface area (Å²) in [6.45, 7) is 3.47. The van der Waals surface area contributed by atoms with Gasteiger partial charge in [-0.25, -0.2) is 9.97 Å². The molecule has 1 aromatic heterocycles. The number of benzene rings is 2. The number of carbonyl (C=O) groups excluding carboxylic acids is 1. The van der Waals surface area contributed by atoms with Crippen molar-refractivity contribution in [1.29, 1.82) is 0 Å². The summed E-state index contributed by atoms with van der Waals surface area (Å²) < 4.78 is 0. The summed E-state index contributed by atoms with van der Waals surface area (Å²) in [6, 6.07) is 18.4. The summed E-state index contributed by atoms with van der Waals surface area (Å²) in [5.74, 6) is 0.632. The number of carbonyl (C=O) groups is 1. The maximum absolute atomic E-state index is 13.5. The van der Waals surface area contributed by atoms with Crippen molar-refractivity contribution in [2.75, 3.05) is 26.2 Å². The predicted octanol–water partition coefficient (Wildman–Crippen LogP) is 4.39. The fourth-order valence-electron chi connectivity index (χ4n) is 4.84. The number of hydrogen-bond acceptors (Lipinski definition) is 4. The lowest BCUT2D eigenvalue weighted by Gasteiger charge is -2.40. The second-order valence-electron chi connectivity index (χ2n) is 8.40. The van der Waals surface area contributed by atoms with Gasteiger partial charge in [0.05, 0.1) is 5.52 Å². The molecule has 0 atom stereocenters. The lowest BCUT2D eigenvalue weighted by atomic mass is 9.94. The van der Waals surface area contributed by atoms with Crippen molar-refractivity contribution in [1.82, 2.24) is 19.8 Å². The third-order valence-corrected chi connectivity index (χ3v) is 6.53. The van der Waals surface area contributed by atoms with Crippen LogP contribution < -0.4 is 0 Å². The second kappa shape index (κ2) is 8.52. The molecule has 2 fully saturated rings. The SMILES string of the molecule is O=C(c1nc(-c2ccccc2)nc2ccccc12)N1CCN(C2CCCCC2)CC1. The molecule has 0 N–H and O–H groups in total. The highest BCUT2D eigenvalue weighted by Gasteiger charge is 2.29. The van der Waals surface area contributed by atoms with Gasteiger partial charge in [-0.2, -0.15) is 0 Å². The van der Waals surface area contributed by atoms with E-state index in [4.69, 9.17) is 9.97 Å². The molecule has 0 radical (unpaired) electrons. The minimum atomic E-state index is 0.0223. The van der Waals surface area contributed by atoms with Crippen molar-refractivity contribution in [2.24, 2.45) is 0 Å². The molecular weight excluding hydrogens is 372 g/mol. The summed E-state index contributed by atoms with van der Waals surface area (Å²) in [5, 5.41) is 0.830. The van der Waals surface area contributed by atoms with E-state index in [0.29, 0.717) is 17.6 Å². The van der Waals surface area contributed by atoms with E-state index >= 15 is 0 Å². The Bertz CT molecular complexity index is 1020. The van der Waals surface area contributed by atoms with E-state index in [1.54, 1.807) is 0 Å². The fraction of sp³-hybridized carbons (Fsp3) is 0.400. The van der Waals surface area contributed by atoms with Crippen molar-refractivity contribution < 1.29 is 4.79 Å². The van der Waals surface area contributed by atoms with Crippen LogP contribution in [0.3, 0.4) is 0 Å². The molecule has 2 heterocycles. The standard InChI is InChI=1S/C25H28N4O/c30-25(29-17-15-28(16-18-29)20-11-5-2-6-12-20)23-21-13-7-8-14-22(21)26-24(27-23)19-9-3-1-4-10-19/h1,3-4,7-10,13-14,20H,2,5-6,11-12,15-18H2. The zero-order valence-electron chi connectivity index (χ0n) is 17.3. The van der Waals surface area contributed by atoms with Gasteiger partial charge in [-0.15, -0.1) is 0 Å². The number of rotatable bonds is 3. The van der Waals surface area contributed by atoms with Gasteiger partial charge in [0.15, 0.2) is 5.82 Å². The van der Waals surface area contributed by atoms with Gasteiger partial charge < -0.3 is 4.90 Å². The van der Waals surface area contributed by atoms with E-state index in [1.807, 2.05) is 59.5 Å². The maximum Gasteiger partial charge on any atom is 0.273 e. The lowest BCUT2D eigenvalue weighted by Crippen LogP contribution is -2.52. The number of fused-ring (bicyclic) bond motifs is 1. The van der Waals surface area contributed by atoms with E-state index in [9.17, 15) is 4.79 Å². The minimum absolute atomic E-state index is 0.0223. The van der Waals surface area contributed by atoms with Crippen LogP contribution >= 0.6 is 0 Å². The van der Waals surface area contributed by atoms with Gasteiger partial charge in [0.1, 0.15) is 5.69 Å². The highest BCUT2D eigenvalue weighted by molar-refractivity contribution is 6.04. The number of nitrogens with zero attached hydrogens (tertiary/aromatic N) is 4. The van der Waals surface area contributed by atoms with Gasteiger partial charge in [0.25, 0.3) is 5.91 Å². The third-order valence-electron chi connectivity index (χ3n) is 6.53. The first-order valence-electron chi connectivity index (χ1n) is 11.1. The molecule has 3 aromatic rings. The van der Waals surface area contributed by atoms with Gasteiger partial charge in [-0.1, -0.05) is 67.8 Å². The van der Waals surface area contributed by atoms with E-state index < -0.39 is 0 Å². The number of amides is 1. The topological polar surface area (TPSA) is 49.3 Å².